The van der Waals surface area contributed by atoms with Crippen LogP contribution in [0.25, 0.3) is 0 Å². The first-order valence-electron chi connectivity index (χ1n) is 7.32. The van der Waals surface area contributed by atoms with E-state index in [2.05, 4.69) is 20.8 Å². The van der Waals surface area contributed by atoms with Crippen molar-refractivity contribution in [2.24, 2.45) is 0 Å². The molecule has 0 atom stereocenters. The lowest BCUT2D eigenvalue weighted by Crippen LogP contribution is -2.20. The lowest BCUT2D eigenvalue weighted by molar-refractivity contribution is -0.137. The third kappa shape index (κ3) is 3.67. The van der Waals surface area contributed by atoms with Crippen LogP contribution in [0.2, 0.25) is 0 Å². The fraction of sp³-hybridized carbons (Fsp3) is 0.294. The monoisotopic (exact) mass is 401 g/mol. The summed E-state index contributed by atoms with van der Waals surface area (Å²) in [5.41, 5.74) is 0.252. The van der Waals surface area contributed by atoms with E-state index in [0.29, 0.717) is 30.4 Å². The van der Waals surface area contributed by atoms with Gasteiger partial charge in [-0.15, -0.1) is 0 Å². The first-order valence-corrected chi connectivity index (χ1v) is 8.12. The van der Waals surface area contributed by atoms with Gasteiger partial charge >= 0.3 is 6.18 Å². The minimum Gasteiger partial charge on any atom is -0.488 e. The number of alkyl halides is 3. The average molecular weight is 402 g/mol. The van der Waals surface area contributed by atoms with Crippen LogP contribution in [0.5, 0.6) is 17.2 Å². The normalized spacial score (nSPS) is 15.4. The van der Waals surface area contributed by atoms with E-state index in [4.69, 9.17) is 9.47 Å². The summed E-state index contributed by atoms with van der Waals surface area (Å²) < 4.78 is 50.4. The Bertz CT molecular complexity index is 732. The molecule has 0 aliphatic carbocycles. The number of hydrogen-bond acceptors (Lipinski definition) is 3. The molecule has 2 aromatic rings. The number of ether oxygens (including phenoxy) is 2. The molecule has 0 spiro atoms. The Morgan fingerprint density at radius 2 is 1.83 bits per heavy atom. The van der Waals surface area contributed by atoms with Crippen molar-refractivity contribution in [2.75, 3.05) is 20.2 Å². The summed E-state index contributed by atoms with van der Waals surface area (Å²) in [4.78, 5) is 2.12. The predicted molar refractivity (Wildman–Crippen MR) is 87.5 cm³/mol. The number of fused-ring (bicyclic) bond motifs is 1. The minimum absolute atomic E-state index is 0.328. The predicted octanol–water partition coefficient (Wildman–Crippen LogP) is 5.08. The highest BCUT2D eigenvalue weighted by Crippen LogP contribution is 2.40. The van der Waals surface area contributed by atoms with Crippen molar-refractivity contribution in [2.45, 2.75) is 12.7 Å². The van der Waals surface area contributed by atoms with Gasteiger partial charge in [0, 0.05) is 23.1 Å². The Morgan fingerprint density at radius 1 is 1.12 bits per heavy atom. The molecule has 1 aliphatic rings. The fourth-order valence-electron chi connectivity index (χ4n) is 2.46. The number of hydrogen-bond donors (Lipinski definition) is 0. The summed E-state index contributed by atoms with van der Waals surface area (Å²) in [6.45, 7) is 1.99. The van der Waals surface area contributed by atoms with Crippen molar-refractivity contribution in [3.63, 3.8) is 0 Å². The summed E-state index contributed by atoms with van der Waals surface area (Å²) in [6.07, 6.45) is -4.36. The van der Waals surface area contributed by atoms with E-state index in [0.717, 1.165) is 28.7 Å². The molecule has 128 valence electrons. The maximum Gasteiger partial charge on any atom is 0.416 e. The highest BCUT2D eigenvalue weighted by molar-refractivity contribution is 9.10. The van der Waals surface area contributed by atoms with Crippen molar-refractivity contribution in [1.82, 2.24) is 4.90 Å². The zero-order valence-corrected chi connectivity index (χ0v) is 14.4. The van der Waals surface area contributed by atoms with Crippen molar-refractivity contribution in [1.29, 1.82) is 0 Å². The number of benzene rings is 2. The Labute approximate surface area is 146 Å². The van der Waals surface area contributed by atoms with Crippen LogP contribution in [0.15, 0.2) is 40.9 Å². The molecule has 0 N–H and O–H groups in total. The van der Waals surface area contributed by atoms with Crippen LogP contribution in [0.3, 0.4) is 0 Å². The van der Waals surface area contributed by atoms with Gasteiger partial charge in [0.05, 0.1) is 5.56 Å². The van der Waals surface area contributed by atoms with Gasteiger partial charge in [0.15, 0.2) is 11.5 Å². The van der Waals surface area contributed by atoms with Crippen LogP contribution in [0.4, 0.5) is 13.2 Å². The van der Waals surface area contributed by atoms with Crippen molar-refractivity contribution >= 4 is 15.9 Å². The second-order valence-electron chi connectivity index (χ2n) is 5.56. The smallest absolute Gasteiger partial charge is 0.416 e. The first kappa shape index (κ1) is 17.1. The van der Waals surface area contributed by atoms with Gasteiger partial charge in [0.25, 0.3) is 0 Å². The second kappa shape index (κ2) is 6.64. The summed E-state index contributed by atoms with van der Waals surface area (Å²) in [7, 11) is 1.99. The molecule has 3 nitrogen and oxygen atoms in total. The molecule has 3 rings (SSSR count). The van der Waals surface area contributed by atoms with Crippen LogP contribution in [0.1, 0.15) is 11.1 Å². The second-order valence-corrected chi connectivity index (χ2v) is 6.42. The van der Waals surface area contributed by atoms with Gasteiger partial charge in [-0.3, -0.25) is 4.90 Å². The maximum absolute atomic E-state index is 12.6. The lowest BCUT2D eigenvalue weighted by Gasteiger charge is -2.16. The van der Waals surface area contributed by atoms with Crippen molar-refractivity contribution < 1.29 is 22.6 Å². The van der Waals surface area contributed by atoms with Crippen LogP contribution in [-0.2, 0) is 12.7 Å². The van der Waals surface area contributed by atoms with Crippen LogP contribution < -0.4 is 9.47 Å². The van der Waals surface area contributed by atoms with Gasteiger partial charge in [0.2, 0.25) is 0 Å². The summed E-state index contributed by atoms with van der Waals surface area (Å²) in [5.74, 6) is 1.44. The number of likely N-dealkylation sites (N-methyl/N-ethyl adjacent to an activating group) is 1. The van der Waals surface area contributed by atoms with Gasteiger partial charge in [-0.2, -0.15) is 13.2 Å². The van der Waals surface area contributed by atoms with E-state index in [1.54, 1.807) is 6.07 Å². The molecule has 0 radical (unpaired) electrons. The Hall–Kier alpha value is -1.73. The zero-order chi connectivity index (χ0) is 17.3. The maximum atomic E-state index is 12.6. The number of halogens is 4. The molecule has 0 bridgehead atoms. The minimum atomic E-state index is -4.36. The molecule has 1 heterocycles. The molecule has 0 saturated heterocycles. The van der Waals surface area contributed by atoms with Crippen LogP contribution in [-0.4, -0.2) is 25.1 Å². The summed E-state index contributed by atoms with van der Waals surface area (Å²) in [6, 6.07) is 8.20. The molecular weight excluding hydrogens is 387 g/mol. The van der Waals surface area contributed by atoms with E-state index in [9.17, 15) is 13.2 Å². The highest BCUT2D eigenvalue weighted by atomic mass is 79.9. The third-order valence-electron chi connectivity index (χ3n) is 3.72. The molecular formula is C17H15BrF3NO2. The molecule has 0 aromatic heterocycles. The third-order valence-corrected chi connectivity index (χ3v) is 4.47. The van der Waals surface area contributed by atoms with E-state index in [1.165, 1.54) is 12.1 Å². The van der Waals surface area contributed by atoms with Crippen molar-refractivity contribution in [3.8, 4) is 17.2 Å². The average Bonchev–Trinajstić information content (AvgIpc) is 2.72. The van der Waals surface area contributed by atoms with E-state index < -0.39 is 11.7 Å². The topological polar surface area (TPSA) is 21.7 Å². The van der Waals surface area contributed by atoms with Gasteiger partial charge in [-0.1, -0.05) is 15.9 Å². The Kier molecular flexibility index (Phi) is 4.73. The number of nitrogens with zero attached hydrogens (tertiary/aromatic N) is 1. The van der Waals surface area contributed by atoms with E-state index in [-0.39, 0.29) is 0 Å². The SMILES string of the molecule is CN1CCOc2c(Oc3ccc(C(F)(F)F)cc3)ccc(Br)c2C1. The number of rotatable bonds is 2. The van der Waals surface area contributed by atoms with Crippen molar-refractivity contribution in [3.05, 3.63) is 52.0 Å². The fourth-order valence-corrected chi connectivity index (χ4v) is 2.90. The Morgan fingerprint density at radius 3 is 2.50 bits per heavy atom. The largest absolute Gasteiger partial charge is 0.488 e. The quantitative estimate of drug-likeness (QED) is 0.699. The van der Waals surface area contributed by atoms with Gasteiger partial charge in [-0.25, -0.2) is 0 Å². The molecule has 0 saturated carbocycles. The van der Waals surface area contributed by atoms with Crippen LogP contribution in [0, 0.1) is 0 Å². The van der Waals surface area contributed by atoms with E-state index in [1.807, 2.05) is 13.1 Å². The van der Waals surface area contributed by atoms with Gasteiger partial charge in [0.1, 0.15) is 12.4 Å². The Balaban J connectivity index is 1.89. The zero-order valence-electron chi connectivity index (χ0n) is 12.9. The van der Waals surface area contributed by atoms with Gasteiger partial charge < -0.3 is 9.47 Å². The van der Waals surface area contributed by atoms with Crippen LogP contribution >= 0.6 is 15.9 Å². The molecule has 0 fully saturated rings. The molecule has 24 heavy (non-hydrogen) atoms. The molecule has 0 unspecified atom stereocenters. The lowest BCUT2D eigenvalue weighted by atomic mass is 10.1. The first-order chi connectivity index (χ1) is 11.3. The summed E-state index contributed by atoms with van der Waals surface area (Å²) in [5, 5.41) is 0. The van der Waals surface area contributed by atoms with E-state index >= 15 is 0 Å². The van der Waals surface area contributed by atoms with Gasteiger partial charge in [-0.05, 0) is 43.4 Å². The summed E-state index contributed by atoms with van der Waals surface area (Å²) >= 11 is 3.51. The molecule has 0 amide bonds. The molecule has 1 aliphatic heterocycles. The highest BCUT2D eigenvalue weighted by Gasteiger charge is 2.30. The molecule has 2 aromatic carbocycles. The molecule has 7 heteroatoms. The standard InChI is InChI=1S/C17H15BrF3NO2/c1-22-8-9-23-16-13(10-22)14(18)6-7-15(16)24-12-4-2-11(3-5-12)17(19,20)21/h2-7H,8-10H2,1H3.